The average Bonchev–Trinajstić information content (AvgIpc) is 4.11. The number of aryl methyl sites for hydroxylation is 2. The summed E-state index contributed by atoms with van der Waals surface area (Å²) in [5.41, 5.74) is 1.51. The van der Waals surface area contributed by atoms with Gasteiger partial charge in [0, 0.05) is 76.1 Å². The number of Topliss-reactive ketones (excluding diaryl/α,β-unsaturated/α-hetero) is 3. The molecule has 0 spiro atoms. The van der Waals surface area contributed by atoms with Crippen LogP contribution in [0.2, 0.25) is 0 Å². The number of hydrogen-bond acceptors (Lipinski definition) is 27. The predicted molar refractivity (Wildman–Crippen MR) is 267 cm³/mol. The third-order valence-corrected chi connectivity index (χ3v) is 13.3. The Kier molecular flexibility index (Phi) is 39.5. The van der Waals surface area contributed by atoms with E-state index in [4.69, 9.17) is 42.4 Å². The first-order chi connectivity index (χ1) is 36.2. The molecule has 3 rings (SSSR count). The summed E-state index contributed by atoms with van der Waals surface area (Å²) < 4.78 is 99.2. The second-order valence-corrected chi connectivity index (χ2v) is 22.0. The number of amides is 1. The van der Waals surface area contributed by atoms with E-state index in [0.29, 0.717) is 36.3 Å². The molecule has 37 heteroatoms. The molecule has 0 aromatic carbocycles. The largest absolute Gasteiger partial charge is 0.397 e. The Labute approximate surface area is 452 Å². The monoisotopic (exact) mass is 1190 g/mol. The Hall–Kier alpha value is -5.65. The van der Waals surface area contributed by atoms with E-state index in [2.05, 4.69) is 51.1 Å². The van der Waals surface area contributed by atoms with Crippen LogP contribution in [0.25, 0.3) is 0 Å². The molecule has 0 saturated carbocycles. The van der Waals surface area contributed by atoms with Crippen molar-refractivity contribution in [2.24, 2.45) is 5.92 Å². The number of thioether (sulfide) groups is 2. The number of hydrogen-bond donors (Lipinski definition) is 6. The maximum absolute atomic E-state index is 13.1. The van der Waals surface area contributed by atoms with Gasteiger partial charge in [0.2, 0.25) is 5.91 Å². The average molecular weight is 1190 g/mol. The zero-order valence-electron chi connectivity index (χ0n) is 42.6. The smallest absolute Gasteiger partial charge is 0.346 e. The lowest BCUT2D eigenvalue weighted by atomic mass is 9.96. The summed E-state index contributed by atoms with van der Waals surface area (Å²) in [5, 5.41) is 32.3. The lowest BCUT2D eigenvalue weighted by Crippen LogP contribution is -2.46. The van der Waals surface area contributed by atoms with Crippen molar-refractivity contribution in [3.8, 4) is 0 Å². The second kappa shape index (κ2) is 41.4. The maximum Gasteiger partial charge on any atom is 0.397 e. The minimum atomic E-state index is -4.45. The highest BCUT2D eigenvalue weighted by Crippen LogP contribution is 2.13. The van der Waals surface area contributed by atoms with Gasteiger partial charge in [0.05, 0.1) is 59.9 Å². The van der Waals surface area contributed by atoms with Crippen LogP contribution >= 0.6 is 23.5 Å². The van der Waals surface area contributed by atoms with Crippen molar-refractivity contribution in [3.05, 3.63) is 35.7 Å². The molecule has 3 aromatic rings. The second-order valence-electron chi connectivity index (χ2n) is 15.8. The molecule has 0 aliphatic carbocycles. The first kappa shape index (κ1) is 73.4. The molecule has 434 valence electrons. The van der Waals surface area contributed by atoms with E-state index in [1.54, 1.807) is 63.1 Å². The van der Waals surface area contributed by atoms with Gasteiger partial charge in [-0.05, 0) is 63.8 Å². The number of aromatic nitrogens is 9. The quantitative estimate of drug-likeness (QED) is 0.0268. The number of rotatable bonds is 35. The van der Waals surface area contributed by atoms with Gasteiger partial charge in [-0.1, -0.05) is 22.6 Å². The molecule has 0 unspecified atom stereocenters. The molecule has 0 aliphatic heterocycles. The van der Waals surface area contributed by atoms with E-state index in [0.717, 1.165) is 17.9 Å². The van der Waals surface area contributed by atoms with Gasteiger partial charge in [-0.25, -0.2) is 8.86 Å². The van der Waals surface area contributed by atoms with E-state index < -0.39 is 66.0 Å². The lowest BCUT2D eigenvalue weighted by molar-refractivity contribution is -0.193. The lowest BCUT2D eigenvalue weighted by Gasteiger charge is -2.21. The van der Waals surface area contributed by atoms with Crippen LogP contribution in [0.15, 0.2) is 18.6 Å². The molecular formula is C40H64N12O20S5. The first-order valence-electron chi connectivity index (χ1n) is 22.6. The van der Waals surface area contributed by atoms with Crippen molar-refractivity contribution >= 4 is 95.9 Å². The summed E-state index contributed by atoms with van der Waals surface area (Å²) in [6.07, 6.45) is 12.4. The fourth-order valence-corrected chi connectivity index (χ4v) is 8.42. The molecule has 77 heavy (non-hydrogen) atoms. The van der Waals surface area contributed by atoms with Gasteiger partial charge in [0.15, 0.2) is 11.6 Å². The number of nitrogens with zero attached hydrogens (tertiary/aromatic N) is 9. The molecule has 4 atom stereocenters. The van der Waals surface area contributed by atoms with E-state index in [1.807, 2.05) is 12.5 Å². The third-order valence-electron chi connectivity index (χ3n) is 9.81. The molecular weight excluding hydrogens is 1130 g/mol. The van der Waals surface area contributed by atoms with Crippen molar-refractivity contribution in [1.29, 1.82) is 0 Å². The number of nitrogens with one attached hydrogen (secondary N) is 3. The van der Waals surface area contributed by atoms with E-state index in [9.17, 15) is 44.4 Å². The third kappa shape index (κ3) is 38.5. The van der Waals surface area contributed by atoms with E-state index in [-0.39, 0.29) is 107 Å². The fourth-order valence-electron chi connectivity index (χ4n) is 6.29. The van der Waals surface area contributed by atoms with Gasteiger partial charge in [-0.2, -0.15) is 77.5 Å². The van der Waals surface area contributed by atoms with E-state index >= 15 is 0 Å². The van der Waals surface area contributed by atoms with Crippen molar-refractivity contribution in [2.75, 3.05) is 56.2 Å². The standard InChI is InChI=1S/C25H42N8O9S3.C12H22N4O5S2.3CO2/c1-18(13-24(35)21(26-2)14-19-16-32(30-28-19)8-5-11-44(37,38)39)25(36)27-22(23(34)7-4-10-43-3)15-20-17-33(31-29-20)9-6-12-45(40,41)42;1-13-11(12(17)4-3-7-22-2)8-10-9-16(15-14-10)5-6-21-23(18,19)20;3*2-1-3/h16-18,21-22,26H,4-15H2,1-3H3,(H,27,36)(H,37,38,39)(H,40,41,42);9,11,13H,3-8H2,1-2H3,(H,18,19,20);;;/t18-,21+,22+;11-;;;/m10.../s1. The van der Waals surface area contributed by atoms with Crippen molar-refractivity contribution < 1.29 is 91.0 Å². The highest BCUT2D eigenvalue weighted by atomic mass is 32.3. The highest BCUT2D eigenvalue weighted by Gasteiger charge is 2.28. The van der Waals surface area contributed by atoms with Crippen LogP contribution in [0.3, 0.4) is 0 Å². The van der Waals surface area contributed by atoms with E-state index in [1.165, 1.54) is 14.0 Å². The Morgan fingerprint density at radius 2 is 0.948 bits per heavy atom. The molecule has 3 heterocycles. The first-order valence-corrected chi connectivity index (χ1v) is 29.9. The van der Waals surface area contributed by atoms with Crippen LogP contribution in [0.1, 0.15) is 69.0 Å². The molecule has 0 bridgehead atoms. The molecule has 0 saturated heterocycles. The van der Waals surface area contributed by atoms with Gasteiger partial charge in [-0.15, -0.1) is 15.3 Å². The molecule has 32 nitrogen and oxygen atoms in total. The summed E-state index contributed by atoms with van der Waals surface area (Å²) in [4.78, 5) is 100. The zero-order valence-corrected chi connectivity index (χ0v) is 46.7. The molecule has 0 fully saturated rings. The number of carbonyl (C=O) groups excluding carboxylic acids is 10. The van der Waals surface area contributed by atoms with Gasteiger partial charge in [0.25, 0.3) is 20.2 Å². The normalized spacial score (nSPS) is 12.5. The Morgan fingerprint density at radius 1 is 0.597 bits per heavy atom. The molecule has 0 radical (unpaired) electrons. The van der Waals surface area contributed by atoms with Crippen LogP contribution in [0.5, 0.6) is 0 Å². The van der Waals surface area contributed by atoms with Crippen LogP contribution in [0.4, 0.5) is 0 Å². The number of ketones is 3. The van der Waals surface area contributed by atoms with Crippen molar-refractivity contribution in [1.82, 2.24) is 60.9 Å². The van der Waals surface area contributed by atoms with Gasteiger partial charge in [-0.3, -0.25) is 42.2 Å². The Bertz CT molecular complexity index is 2640. The SMILES string of the molecule is CN[C@@H](Cc1cn(CCCS(=O)(=O)O)nn1)C(=O)C[C@@H](C)C(=O)N[C@@H](Cc1cn(CCCS(=O)(=O)O)nn1)C(=O)CCCSC.CN[C@@H](Cc1cn(CCOS(=O)(=O)O)nn1)C(=O)CCCSC.O=C=O.O=C=O.O=C=O. The Balaban J connectivity index is 0. The van der Waals surface area contributed by atoms with Crippen molar-refractivity contribution in [3.63, 3.8) is 0 Å². The van der Waals surface area contributed by atoms with Gasteiger partial charge < -0.3 is 16.0 Å². The molecule has 6 N–H and O–H groups in total. The molecule has 3 aromatic heterocycles. The minimum absolute atomic E-state index is 0.0574. The summed E-state index contributed by atoms with van der Waals surface area (Å²) in [7, 11) is -9.31. The number of carbonyl (C=O) groups is 4. The minimum Gasteiger partial charge on any atom is -0.346 e. The molecule has 0 aliphatic rings. The Morgan fingerprint density at radius 3 is 1.30 bits per heavy atom. The topological polar surface area (TPSA) is 471 Å². The maximum atomic E-state index is 13.1. The molecule has 1 amide bonds. The zero-order chi connectivity index (χ0) is 59.0. The van der Waals surface area contributed by atoms with Gasteiger partial charge >= 0.3 is 28.9 Å². The summed E-state index contributed by atoms with van der Waals surface area (Å²) in [6.45, 7) is 1.86. The number of likely N-dealkylation sites (N-methyl/N-ethyl adjacent to an activating group) is 2. The van der Waals surface area contributed by atoms with Gasteiger partial charge in [0.1, 0.15) is 5.78 Å². The van der Waals surface area contributed by atoms with Crippen LogP contribution in [-0.4, -0.2) is 200 Å². The van der Waals surface area contributed by atoms with Crippen LogP contribution in [0, 0.1) is 5.92 Å². The predicted octanol–water partition coefficient (Wildman–Crippen LogP) is -2.22. The van der Waals surface area contributed by atoms with Crippen LogP contribution in [-0.2, 0) is 122 Å². The summed E-state index contributed by atoms with van der Waals surface area (Å²) in [5.74, 6) is -0.679. The summed E-state index contributed by atoms with van der Waals surface area (Å²) >= 11 is 3.31. The fraction of sp³-hybridized carbons (Fsp3) is 0.675. The summed E-state index contributed by atoms with van der Waals surface area (Å²) in [6, 6.07) is -1.91. The van der Waals surface area contributed by atoms with Crippen LogP contribution < -0.4 is 16.0 Å². The highest BCUT2D eigenvalue weighted by molar-refractivity contribution is 7.98. The van der Waals surface area contributed by atoms with Crippen molar-refractivity contribution in [2.45, 2.75) is 109 Å².